The van der Waals surface area contributed by atoms with Gasteiger partial charge in [-0.05, 0) is 19.8 Å². The Kier molecular flexibility index (Phi) is 4.42. The number of hydrogen-bond acceptors (Lipinski definition) is 4. The van der Waals surface area contributed by atoms with E-state index in [2.05, 4.69) is 15.2 Å². The van der Waals surface area contributed by atoms with Gasteiger partial charge in [-0.2, -0.15) is 0 Å². The van der Waals surface area contributed by atoms with Crippen LogP contribution in [0, 0.1) is 6.92 Å². The van der Waals surface area contributed by atoms with Crippen molar-refractivity contribution in [2.24, 2.45) is 0 Å². The summed E-state index contributed by atoms with van der Waals surface area (Å²) >= 11 is 1.41. The minimum Gasteiger partial charge on any atom is -0.342 e. The van der Waals surface area contributed by atoms with E-state index in [1.807, 2.05) is 11.8 Å². The van der Waals surface area contributed by atoms with Gasteiger partial charge in [0, 0.05) is 13.1 Å². The molecule has 0 spiro atoms. The van der Waals surface area contributed by atoms with E-state index in [1.165, 1.54) is 24.6 Å². The molecule has 6 heteroatoms. The molecule has 1 amide bonds. The Morgan fingerprint density at radius 1 is 1.35 bits per heavy atom. The predicted octanol–water partition coefficient (Wildman–Crippen LogP) is 1.61. The predicted molar refractivity (Wildman–Crippen MR) is 66.9 cm³/mol. The number of nitrogens with one attached hydrogen (secondary N) is 1. The number of hydrogen-bond donors (Lipinski definition) is 1. The maximum Gasteiger partial charge on any atom is 0.233 e. The molecule has 17 heavy (non-hydrogen) atoms. The summed E-state index contributed by atoms with van der Waals surface area (Å²) in [5, 5.41) is 7.44. The van der Waals surface area contributed by atoms with Crippen LogP contribution in [-0.2, 0) is 4.79 Å². The molecule has 2 heterocycles. The van der Waals surface area contributed by atoms with Crippen molar-refractivity contribution in [2.75, 3.05) is 18.8 Å². The van der Waals surface area contributed by atoms with Gasteiger partial charge in [0.05, 0.1) is 5.75 Å². The lowest BCUT2D eigenvalue weighted by atomic mass is 10.2. The van der Waals surface area contributed by atoms with Gasteiger partial charge in [0.1, 0.15) is 5.82 Å². The summed E-state index contributed by atoms with van der Waals surface area (Å²) in [6.07, 6.45) is 4.76. The SMILES string of the molecule is Cc1nc(SCC(=O)N2CCCCCC2)n[nH]1. The normalized spacial score (nSPS) is 16.9. The minimum atomic E-state index is 0.208. The Hall–Kier alpha value is -1.04. The van der Waals surface area contributed by atoms with Crippen molar-refractivity contribution in [3.63, 3.8) is 0 Å². The van der Waals surface area contributed by atoms with E-state index in [-0.39, 0.29) is 5.91 Å². The second-order valence-corrected chi connectivity index (χ2v) is 5.23. The van der Waals surface area contributed by atoms with E-state index in [4.69, 9.17) is 0 Å². The third kappa shape index (κ3) is 3.73. The molecule has 0 radical (unpaired) electrons. The first-order chi connectivity index (χ1) is 8.25. The van der Waals surface area contributed by atoms with Gasteiger partial charge in [0.25, 0.3) is 0 Å². The smallest absolute Gasteiger partial charge is 0.233 e. The molecule has 1 aromatic heterocycles. The van der Waals surface area contributed by atoms with Crippen molar-refractivity contribution in [3.05, 3.63) is 5.82 Å². The highest BCUT2D eigenvalue weighted by atomic mass is 32.2. The molecule has 1 saturated heterocycles. The maximum atomic E-state index is 12.0. The van der Waals surface area contributed by atoms with Gasteiger partial charge in [-0.15, -0.1) is 5.10 Å². The summed E-state index contributed by atoms with van der Waals surface area (Å²) in [5.41, 5.74) is 0. The molecular weight excluding hydrogens is 236 g/mol. The fraction of sp³-hybridized carbons (Fsp3) is 0.727. The van der Waals surface area contributed by atoms with Crippen LogP contribution in [0.3, 0.4) is 0 Å². The van der Waals surface area contributed by atoms with Crippen molar-refractivity contribution in [1.29, 1.82) is 0 Å². The number of amides is 1. The number of aromatic nitrogens is 3. The zero-order chi connectivity index (χ0) is 12.1. The molecule has 0 atom stereocenters. The van der Waals surface area contributed by atoms with E-state index in [9.17, 15) is 4.79 Å². The van der Waals surface area contributed by atoms with Gasteiger partial charge in [0.2, 0.25) is 11.1 Å². The molecule has 0 aromatic carbocycles. The highest BCUT2D eigenvalue weighted by Gasteiger charge is 2.16. The van der Waals surface area contributed by atoms with Gasteiger partial charge < -0.3 is 4.90 Å². The standard InChI is InChI=1S/C11H18N4OS/c1-9-12-11(14-13-9)17-8-10(16)15-6-4-2-3-5-7-15/h2-8H2,1H3,(H,12,13,14). The largest absolute Gasteiger partial charge is 0.342 e. The van der Waals surface area contributed by atoms with Crippen LogP contribution >= 0.6 is 11.8 Å². The van der Waals surface area contributed by atoms with Crippen LogP contribution in [-0.4, -0.2) is 44.8 Å². The molecule has 1 fully saturated rings. The third-order valence-corrected chi connectivity index (χ3v) is 3.69. The highest BCUT2D eigenvalue weighted by molar-refractivity contribution is 7.99. The molecule has 1 N–H and O–H groups in total. The molecule has 1 aliphatic heterocycles. The number of H-pyrrole nitrogens is 1. The number of nitrogens with zero attached hydrogens (tertiary/aromatic N) is 3. The molecule has 0 unspecified atom stereocenters. The summed E-state index contributed by atoms with van der Waals surface area (Å²) in [6, 6.07) is 0. The van der Waals surface area contributed by atoms with Gasteiger partial charge >= 0.3 is 0 Å². The van der Waals surface area contributed by atoms with Crippen molar-refractivity contribution < 1.29 is 4.79 Å². The van der Waals surface area contributed by atoms with E-state index in [0.29, 0.717) is 10.9 Å². The summed E-state index contributed by atoms with van der Waals surface area (Å²) in [4.78, 5) is 18.1. The van der Waals surface area contributed by atoms with Gasteiger partial charge in [0.15, 0.2) is 0 Å². The van der Waals surface area contributed by atoms with Crippen LogP contribution in [0.25, 0.3) is 0 Å². The van der Waals surface area contributed by atoms with Crippen LogP contribution in [0.5, 0.6) is 0 Å². The molecule has 0 aliphatic carbocycles. The molecule has 94 valence electrons. The molecular formula is C11H18N4OS. The quantitative estimate of drug-likeness (QED) is 0.832. The second-order valence-electron chi connectivity index (χ2n) is 4.29. The summed E-state index contributed by atoms with van der Waals surface area (Å²) in [6.45, 7) is 3.67. The van der Waals surface area contributed by atoms with E-state index >= 15 is 0 Å². The first kappa shape index (κ1) is 12.4. The topological polar surface area (TPSA) is 61.9 Å². The van der Waals surface area contributed by atoms with E-state index in [1.54, 1.807) is 0 Å². The summed E-state index contributed by atoms with van der Waals surface area (Å²) in [7, 11) is 0. The first-order valence-electron chi connectivity index (χ1n) is 6.05. The molecule has 1 aliphatic rings. The minimum absolute atomic E-state index is 0.208. The summed E-state index contributed by atoms with van der Waals surface area (Å²) < 4.78 is 0. The monoisotopic (exact) mass is 254 g/mol. The zero-order valence-electron chi connectivity index (χ0n) is 10.1. The fourth-order valence-electron chi connectivity index (χ4n) is 1.92. The van der Waals surface area contributed by atoms with Crippen LogP contribution in [0.4, 0.5) is 0 Å². The number of carbonyl (C=O) groups is 1. The Morgan fingerprint density at radius 3 is 2.65 bits per heavy atom. The van der Waals surface area contributed by atoms with Crippen molar-refractivity contribution in [3.8, 4) is 0 Å². The lowest BCUT2D eigenvalue weighted by Crippen LogP contribution is -2.33. The van der Waals surface area contributed by atoms with Crippen molar-refractivity contribution >= 4 is 17.7 Å². The van der Waals surface area contributed by atoms with Crippen molar-refractivity contribution in [1.82, 2.24) is 20.1 Å². The Balaban J connectivity index is 1.79. The van der Waals surface area contributed by atoms with Crippen molar-refractivity contribution in [2.45, 2.75) is 37.8 Å². The average Bonchev–Trinajstić information content (AvgIpc) is 2.58. The lowest BCUT2D eigenvalue weighted by molar-refractivity contribution is -0.128. The van der Waals surface area contributed by atoms with E-state index < -0.39 is 0 Å². The van der Waals surface area contributed by atoms with E-state index in [0.717, 1.165) is 31.8 Å². The van der Waals surface area contributed by atoms with Gasteiger partial charge in [-0.25, -0.2) is 4.98 Å². The number of thioether (sulfide) groups is 1. The molecule has 0 bridgehead atoms. The second kappa shape index (κ2) is 6.05. The summed E-state index contributed by atoms with van der Waals surface area (Å²) in [5.74, 6) is 1.44. The van der Waals surface area contributed by atoms with Crippen LogP contribution < -0.4 is 0 Å². The maximum absolute atomic E-state index is 12.0. The number of likely N-dealkylation sites (tertiary alicyclic amines) is 1. The van der Waals surface area contributed by atoms with Crippen LogP contribution in [0.2, 0.25) is 0 Å². The number of rotatable bonds is 3. The number of aromatic amines is 1. The lowest BCUT2D eigenvalue weighted by Gasteiger charge is -2.19. The van der Waals surface area contributed by atoms with Gasteiger partial charge in [-0.3, -0.25) is 9.89 Å². The third-order valence-electron chi connectivity index (χ3n) is 2.86. The fourth-order valence-corrected chi connectivity index (χ4v) is 2.67. The Morgan fingerprint density at radius 2 is 2.06 bits per heavy atom. The molecule has 5 nitrogen and oxygen atoms in total. The zero-order valence-corrected chi connectivity index (χ0v) is 10.9. The Bertz CT molecular complexity index is 371. The number of aryl methyl sites for hydroxylation is 1. The van der Waals surface area contributed by atoms with Gasteiger partial charge in [-0.1, -0.05) is 24.6 Å². The number of carbonyl (C=O) groups excluding carboxylic acids is 1. The molecule has 0 saturated carbocycles. The highest BCUT2D eigenvalue weighted by Crippen LogP contribution is 2.15. The van der Waals surface area contributed by atoms with Crippen LogP contribution in [0.1, 0.15) is 31.5 Å². The molecule has 1 aromatic rings. The average molecular weight is 254 g/mol. The van der Waals surface area contributed by atoms with Crippen LogP contribution in [0.15, 0.2) is 5.16 Å². The Labute approximate surface area is 105 Å². The first-order valence-corrected chi connectivity index (χ1v) is 7.04. The molecule has 2 rings (SSSR count).